The summed E-state index contributed by atoms with van der Waals surface area (Å²) in [5, 5.41) is 8.17. The van der Waals surface area contributed by atoms with E-state index >= 15 is 0 Å². The normalized spacial score (nSPS) is 13.8. The van der Waals surface area contributed by atoms with Crippen molar-refractivity contribution in [3.05, 3.63) is 121 Å². The number of para-hydroxylation sites is 1. The zero-order valence-electron chi connectivity index (χ0n) is 18.4. The Kier molecular flexibility index (Phi) is 3.85. The van der Waals surface area contributed by atoms with Crippen molar-refractivity contribution in [1.29, 1.82) is 0 Å². The number of rotatable bonds is 2. The van der Waals surface area contributed by atoms with Crippen molar-refractivity contribution in [2.45, 2.75) is 6.92 Å². The van der Waals surface area contributed by atoms with Crippen molar-refractivity contribution in [3.8, 4) is 11.1 Å². The summed E-state index contributed by atoms with van der Waals surface area (Å²) in [7, 11) is -2.47. The Hall–Kier alpha value is -3.88. The van der Waals surface area contributed by atoms with Crippen LogP contribution in [0.2, 0.25) is 0 Å². The number of aryl methyl sites for hydroxylation is 1. The fraction of sp³-hybridized carbons (Fsp3) is 0.0323. The monoisotopic (exact) mass is 438 g/mol. The summed E-state index contributed by atoms with van der Waals surface area (Å²) in [5.74, 6) is 0. The molecular weight excluding hydrogens is 416 g/mol. The molecule has 5 aromatic carbocycles. The second-order valence-corrected chi connectivity index (χ2v) is 12.8. The van der Waals surface area contributed by atoms with E-state index in [9.17, 15) is 0 Å². The molecule has 1 aliphatic rings. The summed E-state index contributed by atoms with van der Waals surface area (Å²) in [6.07, 6.45) is 0. The molecule has 0 unspecified atom stereocenters. The van der Waals surface area contributed by atoms with Crippen LogP contribution in [0.3, 0.4) is 0 Å². The summed E-state index contributed by atoms with van der Waals surface area (Å²) >= 11 is 0. The van der Waals surface area contributed by atoms with Gasteiger partial charge in [-0.25, -0.2) is 0 Å². The van der Waals surface area contributed by atoms with Crippen molar-refractivity contribution in [1.82, 2.24) is 0 Å². The van der Waals surface area contributed by atoms with Gasteiger partial charge < -0.3 is 4.42 Å². The first-order valence-corrected chi connectivity index (χ1v) is 13.4. The minimum absolute atomic E-state index is 0.951. The SMILES string of the molecule is Cc1ccc2c(c1)-c1cc3oc4ccccc4c3cc1[Si]2(c1ccccc1)c1ccccc1. The van der Waals surface area contributed by atoms with Gasteiger partial charge >= 0.3 is 0 Å². The summed E-state index contributed by atoms with van der Waals surface area (Å²) < 4.78 is 6.32. The predicted molar refractivity (Wildman–Crippen MR) is 141 cm³/mol. The average molecular weight is 439 g/mol. The molecule has 2 heterocycles. The molecule has 7 rings (SSSR count). The Morgan fingerprint density at radius 2 is 1.15 bits per heavy atom. The molecule has 1 nitrogen and oxygen atoms in total. The van der Waals surface area contributed by atoms with Gasteiger partial charge in [-0.05, 0) is 57.0 Å². The van der Waals surface area contributed by atoms with Crippen LogP contribution < -0.4 is 20.7 Å². The Bertz CT molecular complexity index is 1620. The van der Waals surface area contributed by atoms with Crippen LogP contribution in [-0.2, 0) is 0 Å². The number of hydrogen-bond acceptors (Lipinski definition) is 1. The molecule has 1 aromatic heterocycles. The first-order valence-electron chi connectivity index (χ1n) is 11.4. The Morgan fingerprint density at radius 1 is 0.515 bits per heavy atom. The third kappa shape index (κ3) is 2.47. The highest BCUT2D eigenvalue weighted by Crippen LogP contribution is 2.36. The maximum absolute atomic E-state index is 6.32. The molecular formula is C31H22OSi. The smallest absolute Gasteiger partial charge is 0.180 e. The van der Waals surface area contributed by atoms with Gasteiger partial charge in [0.1, 0.15) is 11.2 Å². The molecule has 0 amide bonds. The van der Waals surface area contributed by atoms with Crippen LogP contribution in [0, 0.1) is 6.92 Å². The lowest BCUT2D eigenvalue weighted by Gasteiger charge is -2.31. The largest absolute Gasteiger partial charge is 0.456 e. The summed E-state index contributed by atoms with van der Waals surface area (Å²) in [6.45, 7) is 2.19. The van der Waals surface area contributed by atoms with Gasteiger partial charge in [0.15, 0.2) is 8.07 Å². The lowest BCUT2D eigenvalue weighted by molar-refractivity contribution is 0.669. The van der Waals surface area contributed by atoms with Crippen LogP contribution in [-0.4, -0.2) is 8.07 Å². The van der Waals surface area contributed by atoms with Crippen LogP contribution in [0.4, 0.5) is 0 Å². The molecule has 0 atom stereocenters. The summed E-state index contributed by atoms with van der Waals surface area (Å²) in [4.78, 5) is 0. The number of benzene rings is 5. The standard InChI is InChI=1S/C31H22OSi/c1-21-16-17-30-26(18-21)27-19-29-25(24-14-8-9-15-28(24)32-29)20-31(27)33(30,22-10-4-2-5-11-22)23-12-6-3-7-13-23/h2-20H,1H3. The fourth-order valence-corrected chi connectivity index (χ4v) is 11.0. The van der Waals surface area contributed by atoms with E-state index in [1.807, 2.05) is 6.07 Å². The van der Waals surface area contributed by atoms with Crippen molar-refractivity contribution in [2.24, 2.45) is 0 Å². The predicted octanol–water partition coefficient (Wildman–Crippen LogP) is 5.25. The molecule has 1 aliphatic heterocycles. The van der Waals surface area contributed by atoms with E-state index < -0.39 is 8.07 Å². The van der Waals surface area contributed by atoms with Crippen LogP contribution >= 0.6 is 0 Å². The molecule has 0 bridgehead atoms. The van der Waals surface area contributed by atoms with E-state index in [2.05, 4.69) is 116 Å². The number of hydrogen-bond donors (Lipinski definition) is 0. The number of furan rings is 1. The first-order chi connectivity index (χ1) is 16.3. The van der Waals surface area contributed by atoms with Crippen LogP contribution in [0.1, 0.15) is 5.56 Å². The molecule has 0 fully saturated rings. The van der Waals surface area contributed by atoms with Gasteiger partial charge in [0.2, 0.25) is 0 Å². The number of fused-ring (bicyclic) bond motifs is 6. The zero-order valence-corrected chi connectivity index (χ0v) is 19.4. The van der Waals surface area contributed by atoms with Crippen molar-refractivity contribution < 1.29 is 4.42 Å². The molecule has 0 radical (unpaired) electrons. The molecule has 0 saturated carbocycles. The lowest BCUT2D eigenvalue weighted by atomic mass is 10.0. The quantitative estimate of drug-likeness (QED) is 0.336. The van der Waals surface area contributed by atoms with Gasteiger partial charge in [-0.2, -0.15) is 0 Å². The Labute approximate surface area is 194 Å². The maximum Gasteiger partial charge on any atom is 0.180 e. The van der Waals surface area contributed by atoms with E-state index in [0.717, 1.165) is 11.2 Å². The molecule has 0 aliphatic carbocycles. The minimum atomic E-state index is -2.47. The van der Waals surface area contributed by atoms with Gasteiger partial charge in [0.05, 0.1) is 0 Å². The molecule has 0 spiro atoms. The second-order valence-electron chi connectivity index (χ2n) is 9.02. The molecule has 6 aromatic rings. The van der Waals surface area contributed by atoms with E-state index in [1.54, 1.807) is 0 Å². The second kappa shape index (κ2) is 6.81. The Morgan fingerprint density at radius 3 is 1.88 bits per heavy atom. The van der Waals surface area contributed by atoms with Crippen LogP contribution in [0.15, 0.2) is 120 Å². The topological polar surface area (TPSA) is 13.1 Å². The molecule has 0 N–H and O–H groups in total. The lowest BCUT2D eigenvalue weighted by Crippen LogP contribution is -2.72. The highest BCUT2D eigenvalue weighted by atomic mass is 28.3. The zero-order chi connectivity index (χ0) is 22.0. The summed E-state index contributed by atoms with van der Waals surface area (Å²) in [5.41, 5.74) is 5.88. The van der Waals surface area contributed by atoms with Gasteiger partial charge in [0.25, 0.3) is 0 Å². The molecule has 2 heteroatoms. The molecule has 156 valence electrons. The highest BCUT2D eigenvalue weighted by Gasteiger charge is 2.48. The van der Waals surface area contributed by atoms with Crippen LogP contribution in [0.25, 0.3) is 33.1 Å². The van der Waals surface area contributed by atoms with E-state index in [4.69, 9.17) is 4.42 Å². The minimum Gasteiger partial charge on any atom is -0.456 e. The third-order valence-electron chi connectivity index (χ3n) is 7.20. The average Bonchev–Trinajstić information content (AvgIpc) is 3.37. The van der Waals surface area contributed by atoms with Crippen LogP contribution in [0.5, 0.6) is 0 Å². The summed E-state index contributed by atoms with van der Waals surface area (Å²) in [6, 6.07) is 42.4. The van der Waals surface area contributed by atoms with Gasteiger partial charge in [-0.15, -0.1) is 0 Å². The Balaban J connectivity index is 1.70. The molecule has 33 heavy (non-hydrogen) atoms. The van der Waals surface area contributed by atoms with Crippen molar-refractivity contribution in [2.75, 3.05) is 0 Å². The maximum atomic E-state index is 6.32. The van der Waals surface area contributed by atoms with Gasteiger partial charge in [-0.3, -0.25) is 0 Å². The van der Waals surface area contributed by atoms with E-state index in [-0.39, 0.29) is 0 Å². The van der Waals surface area contributed by atoms with Crippen molar-refractivity contribution >= 4 is 50.8 Å². The van der Waals surface area contributed by atoms with Gasteiger partial charge in [0, 0.05) is 10.8 Å². The highest BCUT2D eigenvalue weighted by molar-refractivity contribution is 7.22. The first kappa shape index (κ1) is 18.7. The van der Waals surface area contributed by atoms with Crippen molar-refractivity contribution in [3.63, 3.8) is 0 Å². The fourth-order valence-electron chi connectivity index (χ4n) is 5.82. The van der Waals surface area contributed by atoms with E-state index in [0.29, 0.717) is 0 Å². The van der Waals surface area contributed by atoms with E-state index in [1.165, 1.54) is 48.2 Å². The molecule has 0 saturated heterocycles. The third-order valence-corrected chi connectivity index (χ3v) is 12.1. The van der Waals surface area contributed by atoms with Gasteiger partial charge in [-0.1, -0.05) is 103 Å².